The number of carbonyl (C=O) groups excluding carboxylic acids is 1. The van der Waals surface area contributed by atoms with Gasteiger partial charge in [-0.25, -0.2) is 9.50 Å². The molecule has 2 aromatic carbocycles. The van der Waals surface area contributed by atoms with Gasteiger partial charge in [0.15, 0.2) is 17.1 Å². The maximum absolute atomic E-state index is 12.5. The second-order valence-corrected chi connectivity index (χ2v) is 7.49. The highest BCUT2D eigenvalue weighted by atomic mass is 16.5. The number of aromatic nitrogens is 3. The molecule has 0 aliphatic rings. The van der Waals surface area contributed by atoms with Crippen LogP contribution in [-0.2, 0) is 11.2 Å². The summed E-state index contributed by atoms with van der Waals surface area (Å²) in [4.78, 5) is 17.0. The highest BCUT2D eigenvalue weighted by molar-refractivity contribution is 5.90. The smallest absolute Gasteiger partial charge is 0.224 e. The van der Waals surface area contributed by atoms with Crippen molar-refractivity contribution in [1.82, 2.24) is 14.6 Å². The minimum Gasteiger partial charge on any atom is -0.493 e. The van der Waals surface area contributed by atoms with Crippen LogP contribution in [0.1, 0.15) is 28.9 Å². The zero-order chi connectivity index (χ0) is 23.4. The minimum absolute atomic E-state index is 0.106. The van der Waals surface area contributed by atoms with E-state index in [-0.39, 0.29) is 5.91 Å². The van der Waals surface area contributed by atoms with Gasteiger partial charge >= 0.3 is 0 Å². The predicted molar refractivity (Wildman–Crippen MR) is 124 cm³/mol. The number of nitrogens with one attached hydrogen (secondary N) is 1. The molecule has 0 radical (unpaired) electrons. The largest absolute Gasteiger partial charge is 0.493 e. The number of ether oxygens (including phenoxy) is 2. The Morgan fingerprint density at radius 3 is 2.55 bits per heavy atom. The van der Waals surface area contributed by atoms with Gasteiger partial charge in [0.25, 0.3) is 0 Å². The van der Waals surface area contributed by atoms with Crippen LogP contribution in [0.25, 0.3) is 5.65 Å². The average molecular weight is 441 g/mol. The summed E-state index contributed by atoms with van der Waals surface area (Å²) in [7, 11) is 1.59. The molecule has 0 aliphatic heterocycles. The number of nitrogens with zero attached hydrogens (tertiary/aromatic N) is 4. The Bertz CT molecular complexity index is 1350. The monoisotopic (exact) mass is 441 g/mol. The average Bonchev–Trinajstić information content (AvgIpc) is 3.23. The summed E-state index contributed by atoms with van der Waals surface area (Å²) in [6, 6.07) is 16.7. The standard InChI is InChI=1S/C25H23N5O3/c1-16-21(17(2)30-25(28-16)18(14-26)15-27-30)12-13-24(31)29-19-8-10-20(11-9-19)33-23-7-5-4-6-22(23)32-3/h4-11,15H,12-13H2,1-3H3,(H,29,31). The summed E-state index contributed by atoms with van der Waals surface area (Å²) in [5, 5.41) is 16.4. The van der Waals surface area contributed by atoms with Gasteiger partial charge in [-0.05, 0) is 62.2 Å². The van der Waals surface area contributed by atoms with Gasteiger partial charge in [-0.15, -0.1) is 0 Å². The number of fused-ring (bicyclic) bond motifs is 1. The van der Waals surface area contributed by atoms with Gasteiger partial charge in [-0.1, -0.05) is 12.1 Å². The van der Waals surface area contributed by atoms with E-state index in [9.17, 15) is 10.1 Å². The highest BCUT2D eigenvalue weighted by Gasteiger charge is 2.15. The molecule has 0 spiro atoms. The normalized spacial score (nSPS) is 10.6. The van der Waals surface area contributed by atoms with Crippen molar-refractivity contribution < 1.29 is 14.3 Å². The van der Waals surface area contributed by atoms with Gasteiger partial charge in [0.05, 0.1) is 13.3 Å². The first-order valence-corrected chi connectivity index (χ1v) is 10.4. The third kappa shape index (κ3) is 4.62. The highest BCUT2D eigenvalue weighted by Crippen LogP contribution is 2.31. The van der Waals surface area contributed by atoms with E-state index in [0.29, 0.717) is 47.0 Å². The maximum Gasteiger partial charge on any atom is 0.224 e. The summed E-state index contributed by atoms with van der Waals surface area (Å²) in [5.74, 6) is 1.80. The number of carbonyl (C=O) groups is 1. The Balaban J connectivity index is 1.39. The molecule has 0 bridgehead atoms. The fourth-order valence-electron chi connectivity index (χ4n) is 3.65. The van der Waals surface area contributed by atoms with Crippen molar-refractivity contribution >= 4 is 17.2 Å². The number of benzene rings is 2. The van der Waals surface area contributed by atoms with Crippen LogP contribution >= 0.6 is 0 Å². The van der Waals surface area contributed by atoms with E-state index in [0.717, 1.165) is 17.0 Å². The van der Waals surface area contributed by atoms with E-state index < -0.39 is 0 Å². The summed E-state index contributed by atoms with van der Waals surface area (Å²) in [5.41, 5.74) is 4.28. The van der Waals surface area contributed by atoms with Crippen LogP contribution < -0.4 is 14.8 Å². The van der Waals surface area contributed by atoms with Crippen LogP contribution in [0.2, 0.25) is 0 Å². The predicted octanol–water partition coefficient (Wildman–Crippen LogP) is 4.59. The number of aryl methyl sites for hydroxylation is 2. The molecule has 1 amide bonds. The van der Waals surface area contributed by atoms with Crippen LogP contribution in [0.3, 0.4) is 0 Å². The number of para-hydroxylation sites is 2. The summed E-state index contributed by atoms with van der Waals surface area (Å²) in [6.07, 6.45) is 2.32. The fraction of sp³-hybridized carbons (Fsp3) is 0.200. The minimum atomic E-state index is -0.106. The van der Waals surface area contributed by atoms with Gasteiger partial charge in [0.2, 0.25) is 5.91 Å². The number of methoxy groups -OCH3 is 1. The lowest BCUT2D eigenvalue weighted by molar-refractivity contribution is -0.116. The first kappa shape index (κ1) is 21.8. The third-order valence-electron chi connectivity index (χ3n) is 5.37. The number of hydrogen-bond acceptors (Lipinski definition) is 6. The Labute approximate surface area is 191 Å². The molecule has 2 heterocycles. The number of anilines is 1. The molecule has 4 aromatic rings. The van der Waals surface area contributed by atoms with Gasteiger partial charge < -0.3 is 14.8 Å². The van der Waals surface area contributed by atoms with E-state index in [4.69, 9.17) is 9.47 Å². The SMILES string of the molecule is COc1ccccc1Oc1ccc(NC(=O)CCc2c(C)nc3c(C#N)cnn3c2C)cc1. The van der Waals surface area contributed by atoms with Crippen molar-refractivity contribution in [3.05, 3.63) is 77.2 Å². The lowest BCUT2D eigenvalue weighted by atomic mass is 10.1. The molecule has 0 saturated carbocycles. The first-order chi connectivity index (χ1) is 16.0. The van der Waals surface area contributed by atoms with Crippen molar-refractivity contribution in [2.45, 2.75) is 26.7 Å². The van der Waals surface area contributed by atoms with E-state index in [1.54, 1.807) is 35.9 Å². The molecule has 8 heteroatoms. The van der Waals surface area contributed by atoms with Crippen LogP contribution in [0.15, 0.2) is 54.7 Å². The number of amides is 1. The second-order valence-electron chi connectivity index (χ2n) is 7.49. The quantitative estimate of drug-likeness (QED) is 0.450. The molecule has 0 unspecified atom stereocenters. The number of hydrogen-bond donors (Lipinski definition) is 1. The molecule has 2 aromatic heterocycles. The van der Waals surface area contributed by atoms with E-state index >= 15 is 0 Å². The van der Waals surface area contributed by atoms with Gasteiger partial charge in [-0.3, -0.25) is 4.79 Å². The summed E-state index contributed by atoms with van der Waals surface area (Å²) >= 11 is 0. The molecular weight excluding hydrogens is 418 g/mol. The third-order valence-corrected chi connectivity index (χ3v) is 5.37. The van der Waals surface area contributed by atoms with Crippen LogP contribution in [0, 0.1) is 25.2 Å². The molecule has 8 nitrogen and oxygen atoms in total. The van der Waals surface area contributed by atoms with Crippen LogP contribution in [0.4, 0.5) is 5.69 Å². The van der Waals surface area contributed by atoms with E-state index in [2.05, 4.69) is 21.5 Å². The molecule has 33 heavy (non-hydrogen) atoms. The topological polar surface area (TPSA) is 102 Å². The molecule has 0 saturated heterocycles. The maximum atomic E-state index is 12.5. The Morgan fingerprint density at radius 1 is 1.12 bits per heavy atom. The van der Waals surface area contributed by atoms with Gasteiger partial charge in [0.1, 0.15) is 17.4 Å². The lowest BCUT2D eigenvalue weighted by Gasteiger charge is -2.12. The zero-order valence-electron chi connectivity index (χ0n) is 18.6. The van der Waals surface area contributed by atoms with Crippen molar-refractivity contribution in [2.75, 3.05) is 12.4 Å². The Hall–Kier alpha value is -4.38. The zero-order valence-corrected chi connectivity index (χ0v) is 18.6. The fourth-order valence-corrected chi connectivity index (χ4v) is 3.65. The van der Waals surface area contributed by atoms with Crippen LogP contribution in [-0.4, -0.2) is 27.6 Å². The van der Waals surface area contributed by atoms with Gasteiger partial charge in [-0.2, -0.15) is 10.4 Å². The molecule has 4 rings (SSSR count). The summed E-state index contributed by atoms with van der Waals surface area (Å²) in [6.45, 7) is 3.80. The Morgan fingerprint density at radius 2 is 1.85 bits per heavy atom. The summed E-state index contributed by atoms with van der Waals surface area (Å²) < 4.78 is 12.8. The Kier molecular flexibility index (Phi) is 6.22. The molecule has 166 valence electrons. The van der Waals surface area contributed by atoms with Crippen molar-refractivity contribution in [3.8, 4) is 23.3 Å². The van der Waals surface area contributed by atoms with E-state index in [1.807, 2.05) is 38.1 Å². The van der Waals surface area contributed by atoms with Gasteiger partial charge in [0, 0.05) is 23.5 Å². The first-order valence-electron chi connectivity index (χ1n) is 10.4. The molecule has 0 aliphatic carbocycles. The molecule has 0 fully saturated rings. The second kappa shape index (κ2) is 9.40. The molecule has 1 N–H and O–H groups in total. The van der Waals surface area contributed by atoms with E-state index in [1.165, 1.54) is 6.20 Å². The number of nitriles is 1. The van der Waals surface area contributed by atoms with Crippen LogP contribution in [0.5, 0.6) is 17.2 Å². The number of rotatable bonds is 7. The van der Waals surface area contributed by atoms with Crippen molar-refractivity contribution in [3.63, 3.8) is 0 Å². The molecule has 0 atom stereocenters. The molecular formula is C25H23N5O3. The van der Waals surface area contributed by atoms with Crippen molar-refractivity contribution in [2.24, 2.45) is 0 Å². The lowest BCUT2D eigenvalue weighted by Crippen LogP contribution is -2.14. The van der Waals surface area contributed by atoms with Crippen molar-refractivity contribution in [1.29, 1.82) is 5.26 Å².